The summed E-state index contributed by atoms with van der Waals surface area (Å²) in [6, 6.07) is 22.8. The van der Waals surface area contributed by atoms with E-state index in [1.807, 2.05) is 0 Å². The number of amides is 1. The maximum absolute atomic E-state index is 14.0. The highest BCUT2D eigenvalue weighted by Gasteiger charge is 2.42. The average molecular weight is 653 g/mol. The number of carboxylic acid groups (broad SMARTS) is 1. The smallest absolute Gasteiger partial charge is 0.416 e. The van der Waals surface area contributed by atoms with Gasteiger partial charge in [-0.1, -0.05) is 54.6 Å². The molecule has 0 aromatic heterocycles. The van der Waals surface area contributed by atoms with E-state index in [2.05, 4.69) is 5.32 Å². The zero-order valence-electron chi connectivity index (χ0n) is 24.9. The predicted molar refractivity (Wildman–Crippen MR) is 166 cm³/mol. The molecule has 4 aromatic rings. The molecule has 2 N–H and O–H groups in total. The number of hydrogen-bond donors (Lipinski definition) is 2. The molecule has 0 unspecified atom stereocenters. The molecule has 1 atom stereocenters. The number of benzene rings is 4. The second-order valence-corrected chi connectivity index (χ2v) is 13.4. The number of carboxylic acids is 1. The second kappa shape index (κ2) is 12.5. The van der Waals surface area contributed by atoms with Crippen LogP contribution in [0.4, 0.5) is 18.9 Å². The highest BCUT2D eigenvalue weighted by Crippen LogP contribution is 2.38. The van der Waals surface area contributed by atoms with Gasteiger partial charge in [-0.25, -0.2) is 8.42 Å². The third kappa shape index (κ3) is 6.86. The molecule has 0 fully saturated rings. The Morgan fingerprint density at radius 3 is 2.24 bits per heavy atom. The molecule has 1 heterocycles. The number of aliphatic carboxylic acids is 1. The minimum Gasteiger partial charge on any atom is -0.492 e. The van der Waals surface area contributed by atoms with Gasteiger partial charge in [0.25, 0.3) is 10.0 Å². The fourth-order valence-corrected chi connectivity index (χ4v) is 6.65. The van der Waals surface area contributed by atoms with E-state index in [4.69, 9.17) is 4.74 Å². The Balaban J connectivity index is 1.32. The number of nitrogens with zero attached hydrogens (tertiary/aromatic N) is 1. The summed E-state index contributed by atoms with van der Waals surface area (Å²) in [6.45, 7) is 3.19. The summed E-state index contributed by atoms with van der Waals surface area (Å²) in [6.07, 6.45) is -4.37. The zero-order valence-corrected chi connectivity index (χ0v) is 25.7. The monoisotopic (exact) mass is 652 g/mol. The normalized spacial score (nSPS) is 14.9. The van der Waals surface area contributed by atoms with E-state index in [1.54, 1.807) is 62.4 Å². The third-order valence-corrected chi connectivity index (χ3v) is 9.57. The highest BCUT2D eigenvalue weighted by atomic mass is 32.2. The van der Waals surface area contributed by atoms with Crippen molar-refractivity contribution in [3.63, 3.8) is 0 Å². The van der Waals surface area contributed by atoms with Crippen LogP contribution in [0.25, 0.3) is 11.1 Å². The molecular weight excluding hydrogens is 621 g/mol. The number of fused-ring (bicyclic) bond motifs is 1. The van der Waals surface area contributed by atoms with Gasteiger partial charge >= 0.3 is 12.1 Å². The average Bonchev–Trinajstić information content (AvgIpc) is 3.44. The summed E-state index contributed by atoms with van der Waals surface area (Å²) >= 11 is 0. The molecule has 1 aliphatic rings. The van der Waals surface area contributed by atoms with Crippen LogP contribution in [0.5, 0.6) is 5.75 Å². The predicted octanol–water partition coefficient (Wildman–Crippen LogP) is 6.30. The molecule has 8 nitrogen and oxygen atoms in total. The van der Waals surface area contributed by atoms with Crippen LogP contribution in [-0.4, -0.2) is 38.0 Å². The Kier molecular flexibility index (Phi) is 8.85. The van der Waals surface area contributed by atoms with Gasteiger partial charge in [-0.2, -0.15) is 13.2 Å². The molecule has 0 bridgehead atoms. The first kappa shape index (κ1) is 32.6. The highest BCUT2D eigenvalue weighted by molar-refractivity contribution is 7.93. The van der Waals surface area contributed by atoms with Crippen LogP contribution < -0.4 is 14.4 Å². The maximum Gasteiger partial charge on any atom is 0.416 e. The fraction of sp³-hybridized carbons (Fsp3) is 0.235. The van der Waals surface area contributed by atoms with Gasteiger partial charge in [0, 0.05) is 13.0 Å². The Morgan fingerprint density at radius 2 is 1.59 bits per heavy atom. The lowest BCUT2D eigenvalue weighted by atomic mass is 9.95. The van der Waals surface area contributed by atoms with Gasteiger partial charge in [0.1, 0.15) is 18.4 Å². The number of carbonyl (C=O) groups is 2. The van der Waals surface area contributed by atoms with Crippen molar-refractivity contribution in [1.29, 1.82) is 0 Å². The molecule has 5 rings (SSSR count). The first-order valence-electron chi connectivity index (χ1n) is 14.3. The first-order chi connectivity index (χ1) is 21.7. The summed E-state index contributed by atoms with van der Waals surface area (Å²) in [5.74, 6) is -1.03. The van der Waals surface area contributed by atoms with Gasteiger partial charge < -0.3 is 15.2 Å². The minimum atomic E-state index is -4.52. The van der Waals surface area contributed by atoms with Crippen LogP contribution in [0.15, 0.2) is 102 Å². The molecule has 12 heteroatoms. The Labute approximate surface area is 264 Å². The Hall–Kier alpha value is -4.84. The maximum atomic E-state index is 14.0. The van der Waals surface area contributed by atoms with E-state index in [0.29, 0.717) is 28.1 Å². The topological polar surface area (TPSA) is 113 Å². The summed E-state index contributed by atoms with van der Waals surface area (Å²) in [5, 5.41) is 12.1. The summed E-state index contributed by atoms with van der Waals surface area (Å²) < 4.78 is 74.3. The third-order valence-electron chi connectivity index (χ3n) is 7.73. The largest absolute Gasteiger partial charge is 0.492 e. The number of rotatable bonds is 10. The van der Waals surface area contributed by atoms with Crippen molar-refractivity contribution in [2.75, 3.05) is 10.9 Å². The van der Waals surface area contributed by atoms with Crippen molar-refractivity contribution < 1.29 is 41.0 Å². The van der Waals surface area contributed by atoms with E-state index in [1.165, 1.54) is 36.4 Å². The minimum absolute atomic E-state index is 0.0288. The first-order valence-corrected chi connectivity index (χ1v) is 15.7. The lowest BCUT2D eigenvalue weighted by Gasteiger charge is -2.26. The van der Waals surface area contributed by atoms with E-state index < -0.39 is 45.1 Å². The van der Waals surface area contributed by atoms with Crippen molar-refractivity contribution >= 4 is 27.6 Å². The van der Waals surface area contributed by atoms with E-state index in [-0.39, 0.29) is 30.0 Å². The van der Waals surface area contributed by atoms with Crippen molar-refractivity contribution in [3.8, 4) is 16.9 Å². The van der Waals surface area contributed by atoms with Crippen LogP contribution in [-0.2, 0) is 38.8 Å². The summed E-state index contributed by atoms with van der Waals surface area (Å²) in [7, 11) is -4.26. The lowest BCUT2D eigenvalue weighted by molar-refractivity contribution is -0.148. The lowest BCUT2D eigenvalue weighted by Crippen LogP contribution is -2.47. The second-order valence-electron chi connectivity index (χ2n) is 11.6. The van der Waals surface area contributed by atoms with Gasteiger partial charge in [0.2, 0.25) is 5.91 Å². The Morgan fingerprint density at radius 1 is 0.913 bits per heavy atom. The number of anilines is 1. The summed E-state index contributed by atoms with van der Waals surface area (Å²) in [4.78, 5) is 24.7. The quantitative estimate of drug-likeness (QED) is 0.208. The van der Waals surface area contributed by atoms with Crippen molar-refractivity contribution in [2.45, 2.75) is 43.9 Å². The number of para-hydroxylation sites is 1. The molecule has 0 aliphatic carbocycles. The van der Waals surface area contributed by atoms with Gasteiger partial charge in [0.15, 0.2) is 0 Å². The number of nitrogens with one attached hydrogen (secondary N) is 1. The van der Waals surface area contributed by atoms with Gasteiger partial charge in [-0.3, -0.25) is 13.9 Å². The number of sulfonamides is 1. The molecule has 1 aliphatic heterocycles. The van der Waals surface area contributed by atoms with Crippen LogP contribution in [0.2, 0.25) is 0 Å². The van der Waals surface area contributed by atoms with Crippen molar-refractivity contribution in [1.82, 2.24) is 5.32 Å². The molecule has 4 aromatic carbocycles. The van der Waals surface area contributed by atoms with Gasteiger partial charge in [-0.15, -0.1) is 0 Å². The molecule has 0 radical (unpaired) electrons. The van der Waals surface area contributed by atoms with Crippen LogP contribution in [0.1, 0.15) is 30.5 Å². The number of hydrogen-bond acceptors (Lipinski definition) is 5. The van der Waals surface area contributed by atoms with Gasteiger partial charge in [-0.05, 0) is 78.6 Å². The van der Waals surface area contributed by atoms with Crippen molar-refractivity contribution in [3.05, 3.63) is 114 Å². The van der Waals surface area contributed by atoms with E-state index in [9.17, 15) is 36.3 Å². The SMILES string of the molecule is CC(C)(COc1ccc(CNC(=O)[C@@H]2Cc3ccccc3N2S(=O)(=O)c2ccc(-c3cccc(C(F)(F)F)c3)cc2)cc1)C(=O)O. The fourth-order valence-electron chi connectivity index (χ4n) is 5.00. The zero-order chi connectivity index (χ0) is 33.3. The summed E-state index contributed by atoms with van der Waals surface area (Å²) in [5.41, 5.74) is 0.575. The molecular formula is C34H31F3N2O6S. The molecule has 0 saturated carbocycles. The molecule has 0 spiro atoms. The molecule has 0 saturated heterocycles. The van der Waals surface area contributed by atoms with E-state index in [0.717, 1.165) is 16.4 Å². The standard InChI is InChI=1S/C34H31F3N2O6S/c1-33(2,32(41)42)21-45-27-14-10-22(11-15-27)20-38-31(40)30-19-25-6-3-4-9-29(25)39(30)46(43,44)28-16-12-23(13-17-28)24-7-5-8-26(18-24)34(35,36)37/h3-18,30H,19-21H2,1-2H3,(H,38,40)(H,41,42)/t30-/m0/s1. The number of halogens is 3. The Bertz CT molecular complexity index is 1860. The molecule has 46 heavy (non-hydrogen) atoms. The van der Waals surface area contributed by atoms with Crippen LogP contribution >= 0.6 is 0 Å². The number of ether oxygens (including phenoxy) is 1. The van der Waals surface area contributed by atoms with E-state index >= 15 is 0 Å². The van der Waals surface area contributed by atoms with Gasteiger partial charge in [0.05, 0.1) is 21.6 Å². The van der Waals surface area contributed by atoms with Crippen LogP contribution in [0.3, 0.4) is 0 Å². The molecule has 240 valence electrons. The number of carbonyl (C=O) groups excluding carboxylic acids is 1. The van der Waals surface area contributed by atoms with Crippen molar-refractivity contribution in [2.24, 2.45) is 5.41 Å². The molecule has 1 amide bonds. The number of alkyl halides is 3. The van der Waals surface area contributed by atoms with Crippen LogP contribution in [0, 0.1) is 5.41 Å².